The van der Waals surface area contributed by atoms with Crippen molar-refractivity contribution >= 4 is 5.78 Å². The molecular formula is C17H22O2. The molecule has 1 spiro atoms. The number of rotatable bonds is 3. The van der Waals surface area contributed by atoms with Gasteiger partial charge in [-0.2, -0.15) is 0 Å². The Morgan fingerprint density at radius 3 is 2.68 bits per heavy atom. The first kappa shape index (κ1) is 12.9. The van der Waals surface area contributed by atoms with Gasteiger partial charge in [0.15, 0.2) is 0 Å². The average molecular weight is 258 g/mol. The van der Waals surface area contributed by atoms with Gasteiger partial charge in [-0.25, -0.2) is 0 Å². The zero-order valence-corrected chi connectivity index (χ0v) is 11.7. The van der Waals surface area contributed by atoms with Gasteiger partial charge >= 0.3 is 0 Å². The van der Waals surface area contributed by atoms with E-state index >= 15 is 0 Å². The van der Waals surface area contributed by atoms with Crippen molar-refractivity contribution in [3.05, 3.63) is 35.4 Å². The van der Waals surface area contributed by atoms with Crippen LogP contribution in [0.15, 0.2) is 24.3 Å². The first-order chi connectivity index (χ1) is 9.17. The molecule has 1 aromatic carbocycles. The number of ether oxygens (including phenoxy) is 1. The van der Waals surface area contributed by atoms with Crippen LogP contribution in [-0.4, -0.2) is 18.0 Å². The highest BCUT2D eigenvalue weighted by Crippen LogP contribution is 2.44. The van der Waals surface area contributed by atoms with Crippen molar-refractivity contribution in [3.8, 4) is 0 Å². The average Bonchev–Trinajstić information content (AvgIpc) is 2.40. The predicted molar refractivity (Wildman–Crippen MR) is 75.1 cm³/mol. The van der Waals surface area contributed by atoms with E-state index in [0.717, 1.165) is 37.9 Å². The zero-order chi connectivity index (χ0) is 13.3. The molecule has 1 unspecified atom stereocenters. The second-order valence-corrected chi connectivity index (χ2v) is 6.20. The Balaban J connectivity index is 1.62. The van der Waals surface area contributed by atoms with Gasteiger partial charge in [-0.1, -0.05) is 29.8 Å². The van der Waals surface area contributed by atoms with Gasteiger partial charge in [0.05, 0.1) is 5.60 Å². The number of hydrogen-bond donors (Lipinski definition) is 0. The van der Waals surface area contributed by atoms with E-state index in [2.05, 4.69) is 31.2 Å². The summed E-state index contributed by atoms with van der Waals surface area (Å²) in [6.07, 6.45) is 6.02. The van der Waals surface area contributed by atoms with Gasteiger partial charge in [-0.15, -0.1) is 0 Å². The monoisotopic (exact) mass is 258 g/mol. The highest BCUT2D eigenvalue weighted by molar-refractivity contribution is 5.83. The molecule has 19 heavy (non-hydrogen) atoms. The van der Waals surface area contributed by atoms with Crippen LogP contribution in [0.25, 0.3) is 0 Å². The standard InChI is InChI=1S/C17H22O2/c1-13-3-5-14(6-4-13)11-16(18)15-7-10-19-17(12-15)8-2-9-17/h3-6,15H,2,7-12H2,1H3. The molecule has 1 aromatic rings. The number of ketones is 1. The van der Waals surface area contributed by atoms with Gasteiger partial charge in [0, 0.05) is 18.9 Å². The normalized spacial score (nSPS) is 25.0. The van der Waals surface area contributed by atoms with Crippen LogP contribution >= 0.6 is 0 Å². The SMILES string of the molecule is Cc1ccc(CC(=O)C2CCOC3(CCC3)C2)cc1. The zero-order valence-electron chi connectivity index (χ0n) is 11.7. The van der Waals surface area contributed by atoms with Crippen LogP contribution in [0.5, 0.6) is 0 Å². The smallest absolute Gasteiger partial charge is 0.140 e. The molecule has 0 bridgehead atoms. The third-order valence-corrected chi connectivity index (χ3v) is 4.71. The third-order valence-electron chi connectivity index (χ3n) is 4.71. The van der Waals surface area contributed by atoms with Crippen LogP contribution < -0.4 is 0 Å². The van der Waals surface area contributed by atoms with Crippen molar-refractivity contribution in [2.24, 2.45) is 5.92 Å². The quantitative estimate of drug-likeness (QED) is 0.830. The lowest BCUT2D eigenvalue weighted by Gasteiger charge is -2.46. The third kappa shape index (κ3) is 2.74. The fourth-order valence-electron chi connectivity index (χ4n) is 3.27. The molecule has 0 amide bonds. The van der Waals surface area contributed by atoms with Crippen LogP contribution in [-0.2, 0) is 16.0 Å². The second kappa shape index (κ2) is 5.09. The number of benzene rings is 1. The van der Waals surface area contributed by atoms with Crippen LogP contribution in [0.3, 0.4) is 0 Å². The molecule has 0 aromatic heterocycles. The molecule has 0 radical (unpaired) electrons. The predicted octanol–water partition coefficient (Wildman–Crippen LogP) is 3.46. The maximum Gasteiger partial charge on any atom is 0.140 e. The fraction of sp³-hybridized carbons (Fsp3) is 0.588. The Hall–Kier alpha value is -1.15. The minimum atomic E-state index is 0.0753. The van der Waals surface area contributed by atoms with E-state index in [4.69, 9.17) is 4.74 Å². The second-order valence-electron chi connectivity index (χ2n) is 6.20. The molecule has 1 aliphatic carbocycles. The van der Waals surface area contributed by atoms with Gasteiger partial charge in [-0.05, 0) is 44.6 Å². The van der Waals surface area contributed by atoms with E-state index < -0.39 is 0 Å². The van der Waals surface area contributed by atoms with E-state index in [0.29, 0.717) is 12.2 Å². The summed E-state index contributed by atoms with van der Waals surface area (Å²) in [5.74, 6) is 0.619. The molecule has 1 atom stereocenters. The Bertz CT molecular complexity index is 457. The summed E-state index contributed by atoms with van der Waals surface area (Å²) in [6, 6.07) is 8.32. The van der Waals surface area contributed by atoms with Crippen molar-refractivity contribution in [3.63, 3.8) is 0 Å². The van der Waals surface area contributed by atoms with Gasteiger partial charge in [-0.3, -0.25) is 4.79 Å². The molecule has 1 aliphatic heterocycles. The van der Waals surface area contributed by atoms with Crippen LogP contribution in [0.4, 0.5) is 0 Å². The first-order valence-electron chi connectivity index (χ1n) is 7.39. The summed E-state index contributed by atoms with van der Waals surface area (Å²) >= 11 is 0. The number of hydrogen-bond acceptors (Lipinski definition) is 2. The van der Waals surface area contributed by atoms with Crippen LogP contribution in [0.2, 0.25) is 0 Å². The lowest BCUT2D eigenvalue weighted by molar-refractivity contribution is -0.155. The van der Waals surface area contributed by atoms with Crippen molar-refractivity contribution < 1.29 is 9.53 Å². The van der Waals surface area contributed by atoms with Gasteiger partial charge in [0.1, 0.15) is 5.78 Å². The van der Waals surface area contributed by atoms with Gasteiger partial charge in [0.2, 0.25) is 0 Å². The van der Waals surface area contributed by atoms with E-state index in [1.165, 1.54) is 12.0 Å². The molecule has 2 fully saturated rings. The molecule has 0 N–H and O–H groups in total. The van der Waals surface area contributed by atoms with E-state index in [9.17, 15) is 4.79 Å². The minimum Gasteiger partial charge on any atom is -0.375 e. The van der Waals surface area contributed by atoms with E-state index in [1.807, 2.05) is 0 Å². The van der Waals surface area contributed by atoms with Crippen LogP contribution in [0.1, 0.15) is 43.2 Å². The van der Waals surface area contributed by atoms with Gasteiger partial charge < -0.3 is 4.74 Å². The summed E-state index contributed by atoms with van der Waals surface area (Å²) in [6.45, 7) is 2.84. The Kier molecular flexibility index (Phi) is 3.44. The number of carbonyl (C=O) groups excluding carboxylic acids is 1. The Morgan fingerprint density at radius 1 is 1.32 bits per heavy atom. The van der Waals surface area contributed by atoms with Crippen molar-refractivity contribution in [2.45, 2.75) is 51.0 Å². The topological polar surface area (TPSA) is 26.3 Å². The molecular weight excluding hydrogens is 236 g/mol. The van der Waals surface area contributed by atoms with Crippen molar-refractivity contribution in [1.29, 1.82) is 0 Å². The summed E-state index contributed by atoms with van der Waals surface area (Å²) in [5.41, 5.74) is 2.46. The largest absolute Gasteiger partial charge is 0.375 e. The van der Waals surface area contributed by atoms with E-state index in [1.54, 1.807) is 0 Å². The van der Waals surface area contributed by atoms with Crippen molar-refractivity contribution in [2.75, 3.05) is 6.61 Å². The maximum absolute atomic E-state index is 12.4. The Morgan fingerprint density at radius 2 is 2.05 bits per heavy atom. The highest BCUT2D eigenvalue weighted by atomic mass is 16.5. The Labute approximate surface area is 115 Å². The lowest BCUT2D eigenvalue weighted by atomic mass is 9.71. The molecule has 1 heterocycles. The van der Waals surface area contributed by atoms with Crippen molar-refractivity contribution in [1.82, 2.24) is 0 Å². The molecule has 3 rings (SSSR count). The number of Topliss-reactive ketones (excluding diaryl/α,β-unsaturated/α-hetero) is 1. The molecule has 2 nitrogen and oxygen atoms in total. The summed E-state index contributed by atoms with van der Waals surface area (Å²) in [4.78, 5) is 12.4. The molecule has 102 valence electrons. The summed E-state index contributed by atoms with van der Waals surface area (Å²) < 4.78 is 5.90. The minimum absolute atomic E-state index is 0.0753. The fourth-order valence-corrected chi connectivity index (χ4v) is 3.27. The lowest BCUT2D eigenvalue weighted by Crippen LogP contribution is -2.47. The number of carbonyl (C=O) groups is 1. The molecule has 2 aliphatic rings. The van der Waals surface area contributed by atoms with Crippen LogP contribution in [0, 0.1) is 12.8 Å². The van der Waals surface area contributed by atoms with E-state index in [-0.39, 0.29) is 11.5 Å². The summed E-state index contributed by atoms with van der Waals surface area (Å²) in [7, 11) is 0. The number of aryl methyl sites for hydroxylation is 1. The highest BCUT2D eigenvalue weighted by Gasteiger charge is 2.43. The van der Waals surface area contributed by atoms with Gasteiger partial charge in [0.25, 0.3) is 0 Å². The first-order valence-corrected chi connectivity index (χ1v) is 7.39. The maximum atomic E-state index is 12.4. The molecule has 1 saturated carbocycles. The molecule has 1 saturated heterocycles. The molecule has 2 heteroatoms. The summed E-state index contributed by atoms with van der Waals surface area (Å²) in [5, 5.41) is 0.